The number of nitrogens with zero attached hydrogens (tertiary/aromatic N) is 1. The Labute approximate surface area is 99.3 Å². The number of anilines is 1. The Kier molecular flexibility index (Phi) is 2.67. The summed E-state index contributed by atoms with van der Waals surface area (Å²) >= 11 is 9.10. The highest BCUT2D eigenvalue weighted by molar-refractivity contribution is 9.10. The first-order chi connectivity index (χ1) is 7.09. The van der Waals surface area contributed by atoms with Crippen molar-refractivity contribution in [1.29, 1.82) is 0 Å². The van der Waals surface area contributed by atoms with Crippen molar-refractivity contribution in [2.24, 2.45) is 0 Å². The van der Waals surface area contributed by atoms with E-state index in [9.17, 15) is 9.59 Å². The SMILES string of the molecule is O=C1CNC(=O)N1c1ccc(Br)c(Cl)c1. The van der Waals surface area contributed by atoms with E-state index >= 15 is 0 Å². The van der Waals surface area contributed by atoms with Gasteiger partial charge in [0.25, 0.3) is 5.91 Å². The molecule has 0 atom stereocenters. The minimum absolute atomic E-state index is 0.0342. The topological polar surface area (TPSA) is 49.4 Å². The molecule has 0 saturated carbocycles. The van der Waals surface area contributed by atoms with Crippen molar-refractivity contribution in [3.8, 4) is 0 Å². The number of halogens is 2. The summed E-state index contributed by atoms with van der Waals surface area (Å²) < 4.78 is 0.722. The van der Waals surface area contributed by atoms with Crippen molar-refractivity contribution in [2.45, 2.75) is 0 Å². The van der Waals surface area contributed by atoms with Gasteiger partial charge in [-0.3, -0.25) is 4.79 Å². The van der Waals surface area contributed by atoms with Crippen molar-refractivity contribution in [3.63, 3.8) is 0 Å². The number of hydrogen-bond donors (Lipinski definition) is 1. The first-order valence-corrected chi connectivity index (χ1v) is 5.32. The van der Waals surface area contributed by atoms with Crippen molar-refractivity contribution < 1.29 is 9.59 Å². The maximum atomic E-state index is 11.4. The van der Waals surface area contributed by atoms with Crippen LogP contribution < -0.4 is 10.2 Å². The summed E-state index contributed by atoms with van der Waals surface area (Å²) in [4.78, 5) is 23.8. The Hall–Kier alpha value is -1.07. The predicted molar refractivity (Wildman–Crippen MR) is 60.0 cm³/mol. The fourth-order valence-electron chi connectivity index (χ4n) is 1.31. The highest BCUT2D eigenvalue weighted by atomic mass is 79.9. The van der Waals surface area contributed by atoms with Gasteiger partial charge in [0.05, 0.1) is 17.3 Å². The van der Waals surface area contributed by atoms with Crippen molar-refractivity contribution in [2.75, 3.05) is 11.4 Å². The Bertz CT molecular complexity index is 434. The van der Waals surface area contributed by atoms with E-state index in [0.29, 0.717) is 10.7 Å². The van der Waals surface area contributed by atoms with E-state index < -0.39 is 6.03 Å². The molecule has 1 aromatic rings. The zero-order chi connectivity index (χ0) is 11.0. The largest absolute Gasteiger partial charge is 0.329 e. The second-order valence-electron chi connectivity index (χ2n) is 2.99. The van der Waals surface area contributed by atoms with Gasteiger partial charge in [-0.25, -0.2) is 9.69 Å². The van der Waals surface area contributed by atoms with Gasteiger partial charge in [-0.2, -0.15) is 0 Å². The Morgan fingerprint density at radius 2 is 2.13 bits per heavy atom. The van der Waals surface area contributed by atoms with Crippen LogP contribution >= 0.6 is 27.5 Å². The van der Waals surface area contributed by atoms with Crippen LogP contribution in [0.4, 0.5) is 10.5 Å². The van der Waals surface area contributed by atoms with Gasteiger partial charge < -0.3 is 5.32 Å². The van der Waals surface area contributed by atoms with Crippen LogP contribution in [0.25, 0.3) is 0 Å². The summed E-state index contributed by atoms with van der Waals surface area (Å²) in [5.74, 6) is -0.279. The number of carbonyl (C=O) groups excluding carboxylic acids is 2. The number of hydrogen-bond acceptors (Lipinski definition) is 2. The zero-order valence-electron chi connectivity index (χ0n) is 7.46. The van der Waals surface area contributed by atoms with Gasteiger partial charge in [0.1, 0.15) is 0 Å². The molecule has 0 spiro atoms. The molecule has 3 amide bonds. The van der Waals surface area contributed by atoms with Crippen LogP contribution in [0.1, 0.15) is 0 Å². The lowest BCUT2D eigenvalue weighted by Gasteiger charge is -2.12. The minimum Gasteiger partial charge on any atom is -0.328 e. The summed E-state index contributed by atoms with van der Waals surface area (Å²) in [7, 11) is 0. The Balaban J connectivity index is 2.41. The van der Waals surface area contributed by atoms with Gasteiger partial charge in [-0.05, 0) is 34.1 Å². The van der Waals surface area contributed by atoms with Crippen molar-refractivity contribution in [1.82, 2.24) is 5.32 Å². The molecular weight excluding hydrogens is 283 g/mol. The average molecular weight is 290 g/mol. The van der Waals surface area contributed by atoms with E-state index in [0.717, 1.165) is 9.37 Å². The number of benzene rings is 1. The molecule has 1 saturated heterocycles. The maximum absolute atomic E-state index is 11.4. The molecular formula is C9H6BrClN2O2. The molecule has 1 heterocycles. The number of imide groups is 1. The lowest BCUT2D eigenvalue weighted by atomic mass is 10.3. The fraction of sp³-hybridized carbons (Fsp3) is 0.111. The summed E-state index contributed by atoms with van der Waals surface area (Å²) in [6.07, 6.45) is 0. The third kappa shape index (κ3) is 1.85. The Morgan fingerprint density at radius 3 is 2.67 bits per heavy atom. The van der Waals surface area contributed by atoms with E-state index in [1.807, 2.05) is 0 Å². The molecule has 1 N–H and O–H groups in total. The van der Waals surface area contributed by atoms with Crippen LogP contribution in [0.5, 0.6) is 0 Å². The van der Waals surface area contributed by atoms with Gasteiger partial charge in [0, 0.05) is 4.47 Å². The molecule has 1 aliphatic heterocycles. The lowest BCUT2D eigenvalue weighted by Crippen LogP contribution is -2.30. The highest BCUT2D eigenvalue weighted by Crippen LogP contribution is 2.28. The van der Waals surface area contributed by atoms with Gasteiger partial charge in [-0.1, -0.05) is 11.6 Å². The lowest BCUT2D eigenvalue weighted by molar-refractivity contribution is -0.115. The monoisotopic (exact) mass is 288 g/mol. The molecule has 1 aromatic carbocycles. The average Bonchev–Trinajstić information content (AvgIpc) is 2.52. The molecule has 0 radical (unpaired) electrons. The number of urea groups is 1. The summed E-state index contributed by atoms with van der Waals surface area (Å²) in [5, 5.41) is 2.89. The number of rotatable bonds is 1. The van der Waals surface area contributed by atoms with Crippen LogP contribution in [0.15, 0.2) is 22.7 Å². The number of amides is 3. The van der Waals surface area contributed by atoms with Crippen molar-refractivity contribution in [3.05, 3.63) is 27.7 Å². The second-order valence-corrected chi connectivity index (χ2v) is 4.25. The zero-order valence-corrected chi connectivity index (χ0v) is 9.80. The minimum atomic E-state index is -0.418. The van der Waals surface area contributed by atoms with Crippen LogP contribution in [0.2, 0.25) is 5.02 Å². The Morgan fingerprint density at radius 1 is 1.40 bits per heavy atom. The molecule has 6 heteroatoms. The first kappa shape index (κ1) is 10.4. The van der Waals surface area contributed by atoms with E-state index in [4.69, 9.17) is 11.6 Å². The fourth-order valence-corrected chi connectivity index (χ4v) is 1.73. The van der Waals surface area contributed by atoms with Gasteiger partial charge in [0.2, 0.25) is 0 Å². The molecule has 0 aliphatic carbocycles. The number of nitrogens with one attached hydrogen (secondary N) is 1. The smallest absolute Gasteiger partial charge is 0.328 e. The third-order valence-corrected chi connectivity index (χ3v) is 3.24. The van der Waals surface area contributed by atoms with Crippen molar-refractivity contribution >= 4 is 45.2 Å². The molecule has 1 aliphatic rings. The molecule has 15 heavy (non-hydrogen) atoms. The van der Waals surface area contributed by atoms with E-state index in [2.05, 4.69) is 21.2 Å². The van der Waals surface area contributed by atoms with E-state index in [-0.39, 0.29) is 12.5 Å². The predicted octanol–water partition coefficient (Wildman–Crippen LogP) is 2.16. The molecule has 1 fully saturated rings. The summed E-state index contributed by atoms with van der Waals surface area (Å²) in [5.41, 5.74) is 0.475. The van der Waals surface area contributed by atoms with Gasteiger partial charge in [0.15, 0.2) is 0 Å². The van der Waals surface area contributed by atoms with Crippen LogP contribution in [0, 0.1) is 0 Å². The second kappa shape index (κ2) is 3.83. The molecule has 0 aromatic heterocycles. The van der Waals surface area contributed by atoms with Crippen LogP contribution in [-0.4, -0.2) is 18.5 Å². The standard InChI is InChI=1S/C9H6BrClN2O2/c10-6-2-1-5(3-7(6)11)13-8(14)4-12-9(13)15/h1-3H,4H2,(H,12,15). The highest BCUT2D eigenvalue weighted by Gasteiger charge is 2.30. The summed E-state index contributed by atoms with van der Waals surface area (Å²) in [6.45, 7) is 0.0342. The van der Waals surface area contributed by atoms with Gasteiger partial charge >= 0.3 is 6.03 Å². The molecule has 2 rings (SSSR count). The molecule has 78 valence electrons. The van der Waals surface area contributed by atoms with Gasteiger partial charge in [-0.15, -0.1) is 0 Å². The van der Waals surface area contributed by atoms with Crippen LogP contribution in [0.3, 0.4) is 0 Å². The normalized spacial score (nSPS) is 15.7. The summed E-state index contributed by atoms with van der Waals surface area (Å²) in [6, 6.07) is 4.49. The quantitative estimate of drug-likeness (QED) is 0.806. The van der Waals surface area contributed by atoms with Crippen LogP contribution in [-0.2, 0) is 4.79 Å². The third-order valence-electron chi connectivity index (χ3n) is 2.00. The molecule has 0 unspecified atom stereocenters. The number of carbonyl (C=O) groups is 2. The maximum Gasteiger partial charge on any atom is 0.329 e. The first-order valence-electron chi connectivity index (χ1n) is 4.15. The molecule has 4 nitrogen and oxygen atoms in total. The molecule has 0 bridgehead atoms. The van der Waals surface area contributed by atoms with E-state index in [1.54, 1.807) is 18.2 Å². The van der Waals surface area contributed by atoms with E-state index in [1.165, 1.54) is 0 Å².